The fourth-order valence-corrected chi connectivity index (χ4v) is 1.80. The summed E-state index contributed by atoms with van der Waals surface area (Å²) in [6, 6.07) is 3.60. The van der Waals surface area contributed by atoms with Crippen molar-refractivity contribution in [2.45, 2.75) is 0 Å². The van der Waals surface area contributed by atoms with Crippen molar-refractivity contribution in [3.05, 3.63) is 23.7 Å². The van der Waals surface area contributed by atoms with Crippen LogP contribution in [0.4, 0.5) is 4.79 Å². The molecule has 0 spiro atoms. The Morgan fingerprint density at radius 2 is 2.36 bits per heavy atom. The minimum absolute atomic E-state index is 0.766. The van der Waals surface area contributed by atoms with Crippen molar-refractivity contribution in [3.63, 3.8) is 0 Å². The Bertz CT molecular complexity index is 401. The number of carboxylic acid groups (broad SMARTS) is 1. The first-order valence-electron chi connectivity index (χ1n) is 3.07. The summed E-state index contributed by atoms with van der Waals surface area (Å²) in [7, 11) is 0. The molecule has 0 bridgehead atoms. The van der Waals surface area contributed by atoms with Crippen LogP contribution in [0.15, 0.2) is 23.7 Å². The minimum atomic E-state index is -0.932. The molecule has 4 heteroatoms. The van der Waals surface area contributed by atoms with E-state index in [0.717, 1.165) is 10.2 Å². The van der Waals surface area contributed by atoms with Crippen molar-refractivity contribution < 1.29 is 9.90 Å². The highest BCUT2D eigenvalue weighted by atomic mass is 32.1. The van der Waals surface area contributed by atoms with Crippen molar-refractivity contribution in [1.82, 2.24) is 4.57 Å². The summed E-state index contributed by atoms with van der Waals surface area (Å²) < 4.78 is 2.22. The van der Waals surface area contributed by atoms with Crippen LogP contribution in [0, 0.1) is 0 Å². The third-order valence-electron chi connectivity index (χ3n) is 1.51. The van der Waals surface area contributed by atoms with Crippen LogP contribution < -0.4 is 0 Å². The van der Waals surface area contributed by atoms with Crippen LogP contribution >= 0.6 is 11.3 Å². The molecular weight excluding hydrogens is 162 g/mol. The van der Waals surface area contributed by atoms with E-state index in [-0.39, 0.29) is 0 Å². The van der Waals surface area contributed by atoms with Gasteiger partial charge in [0.1, 0.15) is 0 Å². The minimum Gasteiger partial charge on any atom is -0.464 e. The molecule has 2 aromatic heterocycles. The second-order valence-electron chi connectivity index (χ2n) is 2.14. The molecule has 0 amide bonds. The van der Waals surface area contributed by atoms with Crippen LogP contribution in [-0.2, 0) is 0 Å². The molecule has 1 N–H and O–H groups in total. The van der Waals surface area contributed by atoms with Gasteiger partial charge in [-0.3, -0.25) is 4.57 Å². The van der Waals surface area contributed by atoms with Gasteiger partial charge in [-0.25, -0.2) is 4.79 Å². The van der Waals surface area contributed by atoms with Gasteiger partial charge in [-0.05, 0) is 17.5 Å². The molecule has 0 saturated carbocycles. The molecule has 11 heavy (non-hydrogen) atoms. The van der Waals surface area contributed by atoms with E-state index in [2.05, 4.69) is 0 Å². The molecule has 3 nitrogen and oxygen atoms in total. The van der Waals surface area contributed by atoms with Crippen molar-refractivity contribution in [2.24, 2.45) is 0 Å². The Kier molecular flexibility index (Phi) is 1.22. The maximum atomic E-state index is 10.5. The topological polar surface area (TPSA) is 42.2 Å². The molecule has 2 heterocycles. The van der Waals surface area contributed by atoms with Gasteiger partial charge in [-0.1, -0.05) is 0 Å². The van der Waals surface area contributed by atoms with E-state index < -0.39 is 6.09 Å². The molecule has 0 atom stereocenters. The summed E-state index contributed by atoms with van der Waals surface area (Å²) in [5.41, 5.74) is 0.766. The van der Waals surface area contributed by atoms with Gasteiger partial charge in [0.05, 0.1) is 10.2 Å². The number of hydrogen-bond acceptors (Lipinski definition) is 2. The second-order valence-corrected chi connectivity index (χ2v) is 3.09. The summed E-state index contributed by atoms with van der Waals surface area (Å²) >= 11 is 1.54. The largest absolute Gasteiger partial charge is 0.464 e. The van der Waals surface area contributed by atoms with Crippen molar-refractivity contribution in [2.75, 3.05) is 0 Å². The van der Waals surface area contributed by atoms with Crippen molar-refractivity contribution in [3.8, 4) is 0 Å². The summed E-state index contributed by atoms with van der Waals surface area (Å²) in [5.74, 6) is 0. The van der Waals surface area contributed by atoms with Crippen LogP contribution in [-0.4, -0.2) is 15.8 Å². The Morgan fingerprint density at radius 3 is 3.09 bits per heavy atom. The summed E-state index contributed by atoms with van der Waals surface area (Å²) in [6.07, 6.45) is 0.627. The van der Waals surface area contributed by atoms with E-state index in [1.807, 2.05) is 5.38 Å². The number of fused-ring (bicyclic) bond motifs is 1. The SMILES string of the molecule is O=C(O)n1ccc2sccc21. The second kappa shape index (κ2) is 2.10. The molecule has 0 unspecified atom stereocenters. The van der Waals surface area contributed by atoms with E-state index in [0.29, 0.717) is 0 Å². The number of thiophene rings is 1. The van der Waals surface area contributed by atoms with Crippen LogP contribution in [0.5, 0.6) is 0 Å². The molecule has 56 valence electrons. The predicted octanol–water partition coefficient (Wildman–Crippen LogP) is 2.23. The highest BCUT2D eigenvalue weighted by molar-refractivity contribution is 7.17. The molecule has 2 aromatic rings. The zero-order chi connectivity index (χ0) is 7.84. The van der Waals surface area contributed by atoms with Crippen LogP contribution in [0.25, 0.3) is 10.2 Å². The summed E-state index contributed by atoms with van der Waals surface area (Å²) in [4.78, 5) is 10.5. The monoisotopic (exact) mass is 167 g/mol. The number of carbonyl (C=O) groups is 1. The fourth-order valence-electron chi connectivity index (χ4n) is 1.03. The summed E-state index contributed by atoms with van der Waals surface area (Å²) in [5, 5.41) is 10.5. The quantitative estimate of drug-likeness (QED) is 0.653. The highest BCUT2D eigenvalue weighted by Crippen LogP contribution is 2.21. The molecule has 0 aliphatic heterocycles. The zero-order valence-electron chi connectivity index (χ0n) is 5.52. The van der Waals surface area contributed by atoms with Gasteiger partial charge in [-0.15, -0.1) is 11.3 Å². The van der Waals surface area contributed by atoms with Crippen LogP contribution in [0.2, 0.25) is 0 Å². The molecule has 0 aliphatic carbocycles. The number of rotatable bonds is 0. The lowest BCUT2D eigenvalue weighted by molar-refractivity contribution is 0.197. The maximum absolute atomic E-state index is 10.5. The van der Waals surface area contributed by atoms with Crippen molar-refractivity contribution in [1.29, 1.82) is 0 Å². The lowest BCUT2D eigenvalue weighted by atomic mass is 10.5. The smallest absolute Gasteiger partial charge is 0.416 e. The van der Waals surface area contributed by atoms with E-state index in [1.54, 1.807) is 29.7 Å². The normalized spacial score (nSPS) is 10.5. The number of hydrogen-bond donors (Lipinski definition) is 1. The molecule has 0 aromatic carbocycles. The lowest BCUT2D eigenvalue weighted by Crippen LogP contribution is -2.04. The van der Waals surface area contributed by atoms with Crippen LogP contribution in [0.3, 0.4) is 0 Å². The third-order valence-corrected chi connectivity index (χ3v) is 2.39. The first-order chi connectivity index (χ1) is 5.29. The first kappa shape index (κ1) is 6.42. The Balaban J connectivity index is 2.78. The first-order valence-corrected chi connectivity index (χ1v) is 3.95. The van der Waals surface area contributed by atoms with Gasteiger partial charge in [0, 0.05) is 6.20 Å². The van der Waals surface area contributed by atoms with Gasteiger partial charge >= 0.3 is 6.09 Å². The van der Waals surface area contributed by atoms with E-state index >= 15 is 0 Å². The average molecular weight is 167 g/mol. The van der Waals surface area contributed by atoms with E-state index in [9.17, 15) is 4.79 Å². The molecular formula is C7H5NO2S. The maximum Gasteiger partial charge on any atom is 0.416 e. The lowest BCUT2D eigenvalue weighted by Gasteiger charge is -1.91. The van der Waals surface area contributed by atoms with E-state index in [1.165, 1.54) is 4.57 Å². The Morgan fingerprint density at radius 1 is 1.55 bits per heavy atom. The fraction of sp³-hybridized carbons (Fsp3) is 0. The molecule has 0 fully saturated rings. The van der Waals surface area contributed by atoms with Crippen molar-refractivity contribution >= 4 is 27.6 Å². The summed E-state index contributed by atoms with van der Waals surface area (Å²) in [6.45, 7) is 0. The average Bonchev–Trinajstić information content (AvgIpc) is 2.41. The van der Waals surface area contributed by atoms with E-state index in [4.69, 9.17) is 5.11 Å². The standard InChI is InChI=1S/C7H5NO2S/c9-7(10)8-3-1-6-5(8)2-4-11-6/h1-4H,(H,9,10). The zero-order valence-corrected chi connectivity index (χ0v) is 6.34. The number of aromatic nitrogens is 1. The molecule has 0 saturated heterocycles. The van der Waals surface area contributed by atoms with Gasteiger partial charge in [0.25, 0.3) is 0 Å². The number of nitrogens with zero attached hydrogens (tertiary/aromatic N) is 1. The molecule has 0 radical (unpaired) electrons. The van der Waals surface area contributed by atoms with Crippen LogP contribution in [0.1, 0.15) is 0 Å². The molecule has 0 aliphatic rings. The Hall–Kier alpha value is -1.29. The Labute approximate surface area is 66.5 Å². The van der Waals surface area contributed by atoms with Gasteiger partial charge in [0.15, 0.2) is 0 Å². The predicted molar refractivity (Wildman–Crippen MR) is 43.2 cm³/mol. The van der Waals surface area contributed by atoms with Gasteiger partial charge in [0.2, 0.25) is 0 Å². The van der Waals surface area contributed by atoms with Gasteiger partial charge < -0.3 is 5.11 Å². The third kappa shape index (κ3) is 0.832. The van der Waals surface area contributed by atoms with Gasteiger partial charge in [-0.2, -0.15) is 0 Å². The highest BCUT2D eigenvalue weighted by Gasteiger charge is 2.05. The molecule has 2 rings (SSSR count).